The highest BCUT2D eigenvalue weighted by Gasteiger charge is 2.28. The Morgan fingerprint density at radius 2 is 2.00 bits per heavy atom. The second-order valence-corrected chi connectivity index (χ2v) is 8.47. The van der Waals surface area contributed by atoms with Gasteiger partial charge in [0.1, 0.15) is 11.5 Å². The molecule has 2 atom stereocenters. The first-order valence-corrected chi connectivity index (χ1v) is 8.88. The Balaban J connectivity index is 3.23. The van der Waals surface area contributed by atoms with Crippen LogP contribution in [0.2, 0.25) is 0 Å². The molecule has 0 saturated carbocycles. The lowest BCUT2D eigenvalue weighted by Gasteiger charge is -2.31. The van der Waals surface area contributed by atoms with Crippen molar-refractivity contribution in [3.05, 3.63) is 23.8 Å². The van der Waals surface area contributed by atoms with Gasteiger partial charge in [-0.1, -0.05) is 42.9 Å². The number of rotatable bonds is 7. The van der Waals surface area contributed by atoms with Gasteiger partial charge >= 0.3 is 0 Å². The smallest absolute Gasteiger partial charge is 0.123 e. The van der Waals surface area contributed by atoms with Gasteiger partial charge in [0.15, 0.2) is 0 Å². The fourth-order valence-electron chi connectivity index (χ4n) is 2.21. The van der Waals surface area contributed by atoms with Crippen molar-refractivity contribution in [1.29, 1.82) is 0 Å². The molecule has 2 nitrogen and oxygen atoms in total. The van der Waals surface area contributed by atoms with Gasteiger partial charge in [-0.05, 0) is 24.6 Å². The first-order chi connectivity index (χ1) is 8.61. The summed E-state index contributed by atoms with van der Waals surface area (Å²) in [6.07, 6.45) is 2.36. The summed E-state index contributed by atoms with van der Waals surface area (Å²) in [6.45, 7) is 4.58. The summed E-state index contributed by atoms with van der Waals surface area (Å²) in [5, 5.41) is 0.190. The molecular formula is C14H22IO2P. The third-order valence-corrected chi connectivity index (χ3v) is 5.79. The van der Waals surface area contributed by atoms with Crippen LogP contribution in [0.5, 0.6) is 11.5 Å². The first-order valence-electron chi connectivity index (χ1n) is 6.14. The third kappa shape index (κ3) is 3.74. The maximum absolute atomic E-state index is 5.53. The van der Waals surface area contributed by atoms with E-state index >= 15 is 0 Å². The van der Waals surface area contributed by atoms with Gasteiger partial charge in [0.2, 0.25) is 0 Å². The Kier molecular flexibility index (Phi) is 6.72. The molecule has 0 amide bonds. The van der Waals surface area contributed by atoms with E-state index in [-0.39, 0.29) is 5.16 Å². The van der Waals surface area contributed by atoms with Crippen LogP contribution in [0.4, 0.5) is 0 Å². The number of ether oxygens (including phenoxy) is 2. The predicted molar refractivity (Wildman–Crippen MR) is 89.0 cm³/mol. The van der Waals surface area contributed by atoms with Crippen molar-refractivity contribution in [3.8, 4) is 11.5 Å². The molecule has 0 aromatic heterocycles. The molecule has 1 rings (SSSR count). The Morgan fingerprint density at radius 3 is 2.50 bits per heavy atom. The van der Waals surface area contributed by atoms with E-state index in [0.717, 1.165) is 20.1 Å². The fourth-order valence-corrected chi connectivity index (χ4v) is 5.84. The van der Waals surface area contributed by atoms with Crippen molar-refractivity contribution < 1.29 is 9.47 Å². The second kappa shape index (κ2) is 7.54. The summed E-state index contributed by atoms with van der Waals surface area (Å²) >= 11 is 2.46. The van der Waals surface area contributed by atoms with Gasteiger partial charge in [0.25, 0.3) is 0 Å². The largest absolute Gasteiger partial charge is 0.497 e. The number of alkyl halides is 1. The Bertz CT molecular complexity index is 376. The lowest BCUT2D eigenvalue weighted by molar-refractivity contribution is 0.391. The van der Waals surface area contributed by atoms with E-state index in [1.54, 1.807) is 14.2 Å². The van der Waals surface area contributed by atoms with Crippen LogP contribution in [0, 0.1) is 0 Å². The van der Waals surface area contributed by atoms with Crippen LogP contribution >= 0.6 is 31.2 Å². The van der Waals surface area contributed by atoms with Gasteiger partial charge in [-0.2, -0.15) is 0 Å². The number of methoxy groups -OCH3 is 2. The molecule has 0 N–H and O–H groups in total. The van der Waals surface area contributed by atoms with Gasteiger partial charge < -0.3 is 9.47 Å². The summed E-state index contributed by atoms with van der Waals surface area (Å²) in [5.41, 5.74) is 1.28. The van der Waals surface area contributed by atoms with Crippen LogP contribution in [-0.4, -0.2) is 18.4 Å². The molecule has 0 spiro atoms. The molecule has 0 saturated heterocycles. The van der Waals surface area contributed by atoms with Crippen LogP contribution < -0.4 is 9.47 Å². The van der Waals surface area contributed by atoms with Crippen molar-refractivity contribution >= 4 is 31.2 Å². The molecular weight excluding hydrogens is 358 g/mol. The fraction of sp³-hybridized carbons (Fsp3) is 0.571. The van der Waals surface area contributed by atoms with E-state index in [4.69, 9.17) is 9.47 Å². The lowest BCUT2D eigenvalue weighted by atomic mass is 9.94. The average molecular weight is 380 g/mol. The number of benzene rings is 1. The molecule has 0 heterocycles. The maximum Gasteiger partial charge on any atom is 0.123 e. The Labute approximate surface area is 126 Å². The quantitative estimate of drug-likeness (QED) is 0.385. The number of halogens is 1. The number of hydrogen-bond acceptors (Lipinski definition) is 2. The SMILES string of the molecule is CCCC(C)(PCI)c1cc(OC)ccc1OC. The van der Waals surface area contributed by atoms with E-state index in [2.05, 4.69) is 42.5 Å². The van der Waals surface area contributed by atoms with Crippen LogP contribution in [0.1, 0.15) is 32.3 Å². The average Bonchev–Trinajstić information content (AvgIpc) is 2.38. The highest BCUT2D eigenvalue weighted by atomic mass is 127. The van der Waals surface area contributed by atoms with E-state index in [1.165, 1.54) is 22.6 Å². The third-order valence-electron chi connectivity index (χ3n) is 3.21. The molecule has 0 aliphatic carbocycles. The zero-order valence-electron chi connectivity index (χ0n) is 11.5. The monoisotopic (exact) mass is 380 g/mol. The predicted octanol–water partition coefficient (Wildman–Crippen LogP) is 4.79. The molecule has 102 valence electrons. The molecule has 0 aliphatic rings. The zero-order chi connectivity index (χ0) is 13.6. The van der Waals surface area contributed by atoms with Gasteiger partial charge in [-0.25, -0.2) is 0 Å². The minimum absolute atomic E-state index is 0.190. The van der Waals surface area contributed by atoms with E-state index < -0.39 is 0 Å². The summed E-state index contributed by atoms with van der Waals surface area (Å²) < 4.78 is 12.1. The normalized spacial score (nSPS) is 14.7. The van der Waals surface area contributed by atoms with Crippen LogP contribution in [0.3, 0.4) is 0 Å². The van der Waals surface area contributed by atoms with E-state index in [0.29, 0.717) is 0 Å². The Morgan fingerprint density at radius 1 is 1.28 bits per heavy atom. The first kappa shape index (κ1) is 16.0. The second-order valence-electron chi connectivity index (χ2n) is 4.46. The maximum atomic E-state index is 5.53. The summed E-state index contributed by atoms with van der Waals surface area (Å²) in [5.74, 6) is 1.88. The molecule has 0 bridgehead atoms. The van der Waals surface area contributed by atoms with Gasteiger partial charge in [-0.15, -0.1) is 8.58 Å². The van der Waals surface area contributed by atoms with Crippen molar-refractivity contribution in [1.82, 2.24) is 0 Å². The highest BCUT2D eigenvalue weighted by Crippen LogP contribution is 2.49. The molecule has 0 fully saturated rings. The topological polar surface area (TPSA) is 18.5 Å². The van der Waals surface area contributed by atoms with E-state index in [1.807, 2.05) is 12.1 Å². The Hall–Kier alpha value is -0.0200. The molecule has 4 heteroatoms. The van der Waals surface area contributed by atoms with Gasteiger partial charge in [-0.3, -0.25) is 0 Å². The molecule has 0 aliphatic heterocycles. The zero-order valence-corrected chi connectivity index (χ0v) is 14.7. The lowest BCUT2D eigenvalue weighted by Crippen LogP contribution is -2.17. The van der Waals surface area contributed by atoms with Crippen LogP contribution in [-0.2, 0) is 5.16 Å². The molecule has 1 aromatic rings. The van der Waals surface area contributed by atoms with Crippen LogP contribution in [0.25, 0.3) is 0 Å². The van der Waals surface area contributed by atoms with Crippen molar-refractivity contribution in [2.75, 3.05) is 18.4 Å². The number of hydrogen-bond donors (Lipinski definition) is 0. The summed E-state index contributed by atoms with van der Waals surface area (Å²) in [4.78, 5) is 0. The molecule has 0 radical (unpaired) electrons. The standard InChI is InChI=1S/C14H22IO2P/c1-5-8-14(2,18-10-15)12-9-11(16-3)6-7-13(12)17-4/h6-7,9,18H,5,8,10H2,1-4H3. The molecule has 18 heavy (non-hydrogen) atoms. The molecule has 1 aromatic carbocycles. The van der Waals surface area contributed by atoms with Crippen LogP contribution in [0.15, 0.2) is 18.2 Å². The minimum Gasteiger partial charge on any atom is -0.497 e. The minimum atomic E-state index is 0.190. The van der Waals surface area contributed by atoms with Gasteiger partial charge in [0.05, 0.1) is 14.2 Å². The van der Waals surface area contributed by atoms with Crippen molar-refractivity contribution in [2.24, 2.45) is 0 Å². The highest BCUT2D eigenvalue weighted by molar-refractivity contribution is 14.1. The van der Waals surface area contributed by atoms with Crippen molar-refractivity contribution in [3.63, 3.8) is 0 Å². The molecule has 2 unspecified atom stereocenters. The summed E-state index contributed by atoms with van der Waals surface area (Å²) in [7, 11) is 4.34. The summed E-state index contributed by atoms with van der Waals surface area (Å²) in [6, 6.07) is 6.11. The van der Waals surface area contributed by atoms with E-state index in [9.17, 15) is 0 Å². The van der Waals surface area contributed by atoms with Crippen molar-refractivity contribution in [2.45, 2.75) is 31.8 Å². The van der Waals surface area contributed by atoms with Gasteiger partial charge in [0, 0.05) is 14.9 Å².